The predicted molar refractivity (Wildman–Crippen MR) is 72.8 cm³/mol. The number of benzene rings is 1. The Hall–Kier alpha value is -1.68. The fourth-order valence-electron chi connectivity index (χ4n) is 1.90. The number of anilines is 1. The van der Waals surface area contributed by atoms with Crippen LogP contribution in [0.5, 0.6) is 0 Å². The summed E-state index contributed by atoms with van der Waals surface area (Å²) >= 11 is 1.62. The van der Waals surface area contributed by atoms with Gasteiger partial charge in [-0.2, -0.15) is 0 Å². The molecule has 2 rings (SSSR count). The zero-order valence-corrected chi connectivity index (χ0v) is 11.1. The van der Waals surface area contributed by atoms with Crippen molar-refractivity contribution < 1.29 is 9.18 Å². The van der Waals surface area contributed by atoms with Crippen LogP contribution in [0.3, 0.4) is 0 Å². The molecule has 0 fully saturated rings. The molecular weight excluding hydrogens is 249 g/mol. The van der Waals surface area contributed by atoms with Crippen LogP contribution in [0, 0.1) is 5.82 Å². The van der Waals surface area contributed by atoms with E-state index in [1.54, 1.807) is 35.4 Å². The molecule has 0 saturated carbocycles. The third-order valence-corrected chi connectivity index (χ3v) is 3.58. The molecule has 2 nitrogen and oxygen atoms in total. The molecule has 0 radical (unpaired) electrons. The first kappa shape index (κ1) is 12.8. The number of rotatable bonds is 4. The number of Topliss-reactive ketones (excluding diaryl/α,β-unsaturated/α-hetero) is 1. The van der Waals surface area contributed by atoms with Gasteiger partial charge in [-0.3, -0.25) is 4.79 Å². The molecule has 1 aromatic carbocycles. The first-order valence-electron chi connectivity index (χ1n) is 5.62. The molecule has 0 aliphatic rings. The van der Waals surface area contributed by atoms with E-state index in [4.69, 9.17) is 0 Å². The summed E-state index contributed by atoms with van der Waals surface area (Å²) < 4.78 is 13.9. The van der Waals surface area contributed by atoms with Crippen LogP contribution in [0.4, 0.5) is 10.1 Å². The molecule has 0 aliphatic carbocycles. The van der Waals surface area contributed by atoms with E-state index in [1.165, 1.54) is 13.0 Å². The molecule has 4 heteroatoms. The van der Waals surface area contributed by atoms with Gasteiger partial charge in [0, 0.05) is 17.5 Å². The number of hydrogen-bond donors (Lipinski definition) is 0. The number of hydrogen-bond acceptors (Lipinski definition) is 3. The minimum atomic E-state index is -0.359. The topological polar surface area (TPSA) is 20.3 Å². The molecule has 0 amide bonds. The van der Waals surface area contributed by atoms with Gasteiger partial charge in [0.2, 0.25) is 0 Å². The zero-order chi connectivity index (χ0) is 13.1. The summed E-state index contributed by atoms with van der Waals surface area (Å²) in [4.78, 5) is 14.4. The average Bonchev–Trinajstić information content (AvgIpc) is 2.81. The van der Waals surface area contributed by atoms with Gasteiger partial charge < -0.3 is 4.90 Å². The summed E-state index contributed by atoms with van der Waals surface area (Å²) in [6.07, 6.45) is 0. The van der Waals surface area contributed by atoms with Crippen molar-refractivity contribution in [1.82, 2.24) is 0 Å². The molecule has 0 unspecified atom stereocenters. The molecular formula is C14H14FNOS. The van der Waals surface area contributed by atoms with Gasteiger partial charge in [0.05, 0.1) is 12.2 Å². The van der Waals surface area contributed by atoms with Crippen LogP contribution in [0.2, 0.25) is 0 Å². The highest BCUT2D eigenvalue weighted by molar-refractivity contribution is 7.09. The lowest BCUT2D eigenvalue weighted by molar-refractivity contribution is 0.101. The molecule has 2 aromatic rings. The Labute approximate surface area is 110 Å². The number of carbonyl (C=O) groups excluding carboxylic acids is 1. The highest BCUT2D eigenvalue weighted by Crippen LogP contribution is 2.26. The van der Waals surface area contributed by atoms with Crippen LogP contribution in [0.15, 0.2) is 35.7 Å². The Balaban J connectivity index is 2.34. The summed E-state index contributed by atoms with van der Waals surface area (Å²) in [6, 6.07) is 8.56. The second-order valence-corrected chi connectivity index (χ2v) is 5.16. The monoisotopic (exact) mass is 263 g/mol. The van der Waals surface area contributed by atoms with Crippen LogP contribution >= 0.6 is 11.3 Å². The summed E-state index contributed by atoms with van der Waals surface area (Å²) in [5, 5.41) is 1.98. The molecule has 0 aliphatic heterocycles. The Morgan fingerprint density at radius 1 is 1.33 bits per heavy atom. The Bertz CT molecular complexity index is 551. The van der Waals surface area contributed by atoms with Crippen molar-refractivity contribution in [3.63, 3.8) is 0 Å². The van der Waals surface area contributed by atoms with Crippen molar-refractivity contribution in [1.29, 1.82) is 0 Å². The predicted octanol–water partition coefficient (Wildman–Crippen LogP) is 3.73. The molecule has 0 bridgehead atoms. The zero-order valence-electron chi connectivity index (χ0n) is 10.3. The molecule has 0 spiro atoms. The van der Waals surface area contributed by atoms with Crippen molar-refractivity contribution in [2.75, 3.05) is 11.9 Å². The average molecular weight is 263 g/mol. The van der Waals surface area contributed by atoms with Gasteiger partial charge in [-0.25, -0.2) is 4.39 Å². The lowest BCUT2D eigenvalue weighted by Crippen LogP contribution is -2.19. The normalized spacial score (nSPS) is 10.4. The number of halogens is 1. The first-order chi connectivity index (χ1) is 8.59. The second kappa shape index (κ2) is 5.31. The Kier molecular flexibility index (Phi) is 3.77. The second-order valence-electron chi connectivity index (χ2n) is 4.13. The van der Waals surface area contributed by atoms with Crippen molar-refractivity contribution in [3.8, 4) is 0 Å². The van der Waals surface area contributed by atoms with Gasteiger partial charge in [-0.15, -0.1) is 11.3 Å². The molecule has 18 heavy (non-hydrogen) atoms. The van der Waals surface area contributed by atoms with E-state index >= 15 is 0 Å². The first-order valence-corrected chi connectivity index (χ1v) is 6.50. The molecule has 1 heterocycles. The van der Waals surface area contributed by atoms with Gasteiger partial charge in [-0.1, -0.05) is 12.1 Å². The van der Waals surface area contributed by atoms with Crippen molar-refractivity contribution in [2.45, 2.75) is 13.5 Å². The summed E-state index contributed by atoms with van der Waals surface area (Å²) in [6.45, 7) is 2.05. The van der Waals surface area contributed by atoms with E-state index in [0.717, 1.165) is 4.88 Å². The van der Waals surface area contributed by atoms with E-state index in [-0.39, 0.29) is 11.6 Å². The van der Waals surface area contributed by atoms with Crippen LogP contribution in [0.25, 0.3) is 0 Å². The third kappa shape index (κ3) is 2.59. The van der Waals surface area contributed by atoms with Crippen LogP contribution < -0.4 is 4.90 Å². The number of para-hydroxylation sites is 1. The molecule has 0 atom stereocenters. The largest absolute Gasteiger partial charge is 0.366 e. The summed E-state index contributed by atoms with van der Waals surface area (Å²) in [5.74, 6) is -0.482. The third-order valence-electron chi connectivity index (χ3n) is 2.72. The van der Waals surface area contributed by atoms with Gasteiger partial charge in [0.15, 0.2) is 5.78 Å². The van der Waals surface area contributed by atoms with Crippen molar-refractivity contribution >= 4 is 22.8 Å². The van der Waals surface area contributed by atoms with Gasteiger partial charge >= 0.3 is 0 Å². The van der Waals surface area contributed by atoms with Gasteiger partial charge in [0.25, 0.3) is 0 Å². The highest BCUT2D eigenvalue weighted by Gasteiger charge is 2.16. The van der Waals surface area contributed by atoms with E-state index in [2.05, 4.69) is 0 Å². The van der Waals surface area contributed by atoms with Crippen LogP contribution in [0.1, 0.15) is 22.2 Å². The SMILES string of the molecule is CC(=O)c1cccc(F)c1N(C)Cc1cccs1. The van der Waals surface area contributed by atoms with Crippen molar-refractivity contribution in [2.24, 2.45) is 0 Å². The maximum atomic E-state index is 13.9. The smallest absolute Gasteiger partial charge is 0.161 e. The van der Waals surface area contributed by atoms with Gasteiger partial charge in [0.1, 0.15) is 5.82 Å². The lowest BCUT2D eigenvalue weighted by atomic mass is 10.1. The molecule has 0 saturated heterocycles. The van der Waals surface area contributed by atoms with Crippen LogP contribution in [-0.2, 0) is 6.54 Å². The maximum absolute atomic E-state index is 13.9. The van der Waals surface area contributed by atoms with E-state index in [1.807, 2.05) is 17.5 Å². The number of ketones is 1. The highest BCUT2D eigenvalue weighted by atomic mass is 32.1. The Morgan fingerprint density at radius 2 is 2.11 bits per heavy atom. The molecule has 1 aromatic heterocycles. The lowest BCUT2D eigenvalue weighted by Gasteiger charge is -2.21. The minimum absolute atomic E-state index is 0.123. The minimum Gasteiger partial charge on any atom is -0.366 e. The Morgan fingerprint density at radius 3 is 2.72 bits per heavy atom. The van der Waals surface area contributed by atoms with Crippen LogP contribution in [-0.4, -0.2) is 12.8 Å². The quantitative estimate of drug-likeness (QED) is 0.783. The summed E-state index contributed by atoms with van der Waals surface area (Å²) in [5.41, 5.74) is 0.799. The van der Waals surface area contributed by atoms with E-state index < -0.39 is 0 Å². The number of nitrogens with zero attached hydrogens (tertiary/aromatic N) is 1. The maximum Gasteiger partial charge on any atom is 0.161 e. The van der Waals surface area contributed by atoms with E-state index in [0.29, 0.717) is 17.8 Å². The standard InChI is InChI=1S/C14H14FNOS/c1-10(17)12-6-3-7-13(15)14(12)16(2)9-11-5-4-8-18-11/h3-8H,9H2,1-2H3. The summed E-state index contributed by atoms with van der Waals surface area (Å²) in [7, 11) is 1.80. The van der Waals surface area contributed by atoms with Gasteiger partial charge in [-0.05, 0) is 30.5 Å². The number of carbonyl (C=O) groups is 1. The van der Waals surface area contributed by atoms with Crippen molar-refractivity contribution in [3.05, 3.63) is 52.0 Å². The molecule has 94 valence electrons. The fourth-order valence-corrected chi connectivity index (χ4v) is 2.66. The van der Waals surface area contributed by atoms with E-state index in [9.17, 15) is 9.18 Å². The molecule has 0 N–H and O–H groups in total. The number of thiophene rings is 1. The fraction of sp³-hybridized carbons (Fsp3) is 0.214.